The van der Waals surface area contributed by atoms with Crippen LogP contribution in [-0.2, 0) is 0 Å². The van der Waals surface area contributed by atoms with Crippen LogP contribution in [0, 0.1) is 0 Å². The molecule has 2 rings (SSSR count). The Bertz CT molecular complexity index is 322. The molecule has 0 radical (unpaired) electrons. The van der Waals surface area contributed by atoms with Crippen molar-refractivity contribution in [2.75, 3.05) is 13.1 Å². The van der Waals surface area contributed by atoms with Gasteiger partial charge in [0.2, 0.25) is 0 Å². The van der Waals surface area contributed by atoms with Crippen molar-refractivity contribution >= 4 is 23.2 Å². The quantitative estimate of drug-likeness (QED) is 0.751. The molecule has 14 heavy (non-hydrogen) atoms. The zero-order valence-corrected chi connectivity index (χ0v) is 9.28. The van der Waals surface area contributed by atoms with Crippen LogP contribution in [0.4, 0.5) is 0 Å². The number of pyridine rings is 1. The molecule has 1 fully saturated rings. The van der Waals surface area contributed by atoms with Crippen molar-refractivity contribution in [3.63, 3.8) is 0 Å². The molecule has 4 heteroatoms. The Labute approximate surface area is 93.6 Å². The van der Waals surface area contributed by atoms with Gasteiger partial charge >= 0.3 is 0 Å². The van der Waals surface area contributed by atoms with Crippen LogP contribution >= 0.6 is 23.2 Å². The summed E-state index contributed by atoms with van der Waals surface area (Å²) in [7, 11) is 0. The maximum atomic E-state index is 5.92. The highest BCUT2D eigenvalue weighted by Crippen LogP contribution is 2.28. The van der Waals surface area contributed by atoms with Crippen LogP contribution in [0.3, 0.4) is 0 Å². The number of piperidine rings is 1. The third-order valence-electron chi connectivity index (χ3n) is 2.63. The number of nitrogens with zero attached hydrogens (tertiary/aromatic N) is 1. The van der Waals surface area contributed by atoms with Gasteiger partial charge in [0, 0.05) is 6.20 Å². The van der Waals surface area contributed by atoms with Gasteiger partial charge in [-0.05, 0) is 43.5 Å². The van der Waals surface area contributed by atoms with Crippen LogP contribution < -0.4 is 5.32 Å². The van der Waals surface area contributed by atoms with Crippen molar-refractivity contribution in [3.05, 3.63) is 28.0 Å². The summed E-state index contributed by atoms with van der Waals surface area (Å²) in [6.07, 6.45) is 4.14. The average Bonchev–Trinajstić information content (AvgIpc) is 2.23. The fraction of sp³-hybridized carbons (Fsp3) is 0.500. The summed E-state index contributed by atoms with van der Waals surface area (Å²) in [6.45, 7) is 2.15. The molecule has 1 aromatic heterocycles. The van der Waals surface area contributed by atoms with Crippen LogP contribution in [0.5, 0.6) is 0 Å². The van der Waals surface area contributed by atoms with Crippen LogP contribution in [-0.4, -0.2) is 18.1 Å². The predicted octanol–water partition coefficient (Wildman–Crippen LogP) is 2.86. The normalized spacial score (nSPS) is 18.4. The number of halogens is 2. The van der Waals surface area contributed by atoms with Gasteiger partial charge in [0.05, 0.1) is 5.02 Å². The van der Waals surface area contributed by atoms with Crippen LogP contribution in [0.25, 0.3) is 0 Å². The second kappa shape index (κ2) is 4.47. The summed E-state index contributed by atoms with van der Waals surface area (Å²) in [5, 5.41) is 4.28. The van der Waals surface area contributed by atoms with Gasteiger partial charge in [0.25, 0.3) is 0 Å². The van der Waals surface area contributed by atoms with E-state index in [1.54, 1.807) is 0 Å². The molecule has 2 nitrogen and oxygen atoms in total. The van der Waals surface area contributed by atoms with E-state index in [2.05, 4.69) is 10.3 Å². The molecule has 2 heterocycles. The number of hydrogen-bond donors (Lipinski definition) is 1. The first-order valence-electron chi connectivity index (χ1n) is 4.79. The Balaban J connectivity index is 2.18. The lowest BCUT2D eigenvalue weighted by Gasteiger charge is -2.22. The summed E-state index contributed by atoms with van der Waals surface area (Å²) in [5.41, 5.74) is 1.21. The number of rotatable bonds is 1. The summed E-state index contributed by atoms with van der Waals surface area (Å²) >= 11 is 11.7. The lowest BCUT2D eigenvalue weighted by Crippen LogP contribution is -2.26. The molecule has 0 amide bonds. The van der Waals surface area contributed by atoms with Crippen LogP contribution in [0.15, 0.2) is 12.3 Å². The molecule has 1 saturated heterocycles. The van der Waals surface area contributed by atoms with Gasteiger partial charge in [-0.1, -0.05) is 23.2 Å². The van der Waals surface area contributed by atoms with E-state index in [1.165, 1.54) is 5.56 Å². The Morgan fingerprint density at radius 3 is 2.64 bits per heavy atom. The highest BCUT2D eigenvalue weighted by atomic mass is 35.5. The maximum Gasteiger partial charge on any atom is 0.147 e. The number of hydrogen-bond acceptors (Lipinski definition) is 2. The van der Waals surface area contributed by atoms with Gasteiger partial charge in [-0.3, -0.25) is 0 Å². The Hall–Kier alpha value is -0.310. The van der Waals surface area contributed by atoms with E-state index < -0.39 is 0 Å². The minimum Gasteiger partial charge on any atom is -0.317 e. The zero-order valence-electron chi connectivity index (χ0n) is 7.76. The van der Waals surface area contributed by atoms with Gasteiger partial charge in [-0.25, -0.2) is 4.98 Å². The molecule has 0 aromatic carbocycles. The SMILES string of the molecule is Clc1cc(C2CCNCC2)cnc1Cl. The van der Waals surface area contributed by atoms with Crippen molar-refractivity contribution in [2.24, 2.45) is 0 Å². The molecule has 1 aliphatic rings. The molecule has 76 valence electrons. The second-order valence-electron chi connectivity index (χ2n) is 3.57. The molecule has 1 aromatic rings. The highest BCUT2D eigenvalue weighted by Gasteiger charge is 2.16. The van der Waals surface area contributed by atoms with Crippen molar-refractivity contribution in [2.45, 2.75) is 18.8 Å². The molecule has 0 unspecified atom stereocenters. The van der Waals surface area contributed by atoms with E-state index in [1.807, 2.05) is 12.3 Å². The third kappa shape index (κ3) is 2.19. The van der Waals surface area contributed by atoms with Crippen molar-refractivity contribution in [1.82, 2.24) is 10.3 Å². The van der Waals surface area contributed by atoms with Crippen LogP contribution in [0.1, 0.15) is 24.3 Å². The minimum atomic E-state index is 0.393. The van der Waals surface area contributed by atoms with E-state index in [0.29, 0.717) is 16.1 Å². The lowest BCUT2D eigenvalue weighted by molar-refractivity contribution is 0.459. The largest absolute Gasteiger partial charge is 0.317 e. The summed E-state index contributed by atoms with van der Waals surface area (Å²) < 4.78 is 0. The van der Waals surface area contributed by atoms with Gasteiger partial charge in [0.15, 0.2) is 0 Å². The van der Waals surface area contributed by atoms with E-state index >= 15 is 0 Å². The summed E-state index contributed by atoms with van der Waals surface area (Å²) in [5.74, 6) is 0.582. The molecular weight excluding hydrogens is 219 g/mol. The molecule has 0 atom stereocenters. The topological polar surface area (TPSA) is 24.9 Å². The summed E-state index contributed by atoms with van der Waals surface area (Å²) in [4.78, 5) is 4.07. The molecule has 1 aliphatic heterocycles. The zero-order chi connectivity index (χ0) is 9.97. The highest BCUT2D eigenvalue weighted by molar-refractivity contribution is 6.41. The smallest absolute Gasteiger partial charge is 0.147 e. The third-order valence-corrected chi connectivity index (χ3v) is 3.31. The monoisotopic (exact) mass is 230 g/mol. The second-order valence-corrected chi connectivity index (χ2v) is 4.33. The van der Waals surface area contributed by atoms with Crippen molar-refractivity contribution in [3.8, 4) is 0 Å². The summed E-state index contributed by atoms with van der Waals surface area (Å²) in [6, 6.07) is 1.94. The van der Waals surface area contributed by atoms with Gasteiger partial charge < -0.3 is 5.32 Å². The van der Waals surface area contributed by atoms with Gasteiger partial charge in [-0.15, -0.1) is 0 Å². The first-order valence-corrected chi connectivity index (χ1v) is 5.54. The average molecular weight is 231 g/mol. The Kier molecular flexibility index (Phi) is 3.26. The lowest BCUT2D eigenvalue weighted by atomic mass is 9.91. The standard InChI is InChI=1S/C10H12Cl2N2/c11-9-5-8(6-14-10(9)12)7-1-3-13-4-2-7/h5-7,13H,1-4H2. The maximum absolute atomic E-state index is 5.92. The molecule has 0 bridgehead atoms. The van der Waals surface area contributed by atoms with Crippen LogP contribution in [0.2, 0.25) is 10.2 Å². The number of nitrogens with one attached hydrogen (secondary N) is 1. The number of aromatic nitrogens is 1. The van der Waals surface area contributed by atoms with E-state index in [4.69, 9.17) is 23.2 Å². The first-order chi connectivity index (χ1) is 6.77. The molecular formula is C10H12Cl2N2. The fourth-order valence-corrected chi connectivity index (χ4v) is 2.09. The Morgan fingerprint density at radius 1 is 1.29 bits per heavy atom. The van der Waals surface area contributed by atoms with E-state index in [-0.39, 0.29) is 0 Å². The Morgan fingerprint density at radius 2 is 2.00 bits per heavy atom. The van der Waals surface area contributed by atoms with Crippen molar-refractivity contribution in [1.29, 1.82) is 0 Å². The van der Waals surface area contributed by atoms with E-state index in [9.17, 15) is 0 Å². The predicted molar refractivity (Wildman–Crippen MR) is 59.1 cm³/mol. The fourth-order valence-electron chi connectivity index (χ4n) is 1.81. The molecule has 0 spiro atoms. The van der Waals surface area contributed by atoms with E-state index in [0.717, 1.165) is 25.9 Å². The first kappa shape index (κ1) is 10.2. The molecule has 1 N–H and O–H groups in total. The van der Waals surface area contributed by atoms with Crippen molar-refractivity contribution < 1.29 is 0 Å². The molecule has 0 aliphatic carbocycles. The van der Waals surface area contributed by atoms with Gasteiger partial charge in [-0.2, -0.15) is 0 Å². The van der Waals surface area contributed by atoms with Gasteiger partial charge in [0.1, 0.15) is 5.15 Å². The molecule has 0 saturated carbocycles. The minimum absolute atomic E-state index is 0.393.